The summed E-state index contributed by atoms with van der Waals surface area (Å²) in [6.07, 6.45) is 1.69. The Bertz CT molecular complexity index is 405. The van der Waals surface area contributed by atoms with Crippen LogP contribution in [-0.2, 0) is 11.2 Å². The molecule has 0 spiro atoms. The number of benzene rings is 1. The Balaban J connectivity index is 3.02. The first kappa shape index (κ1) is 17.8. The Morgan fingerprint density at radius 1 is 1.20 bits per heavy atom. The molecule has 0 fully saturated rings. The lowest BCUT2D eigenvalue weighted by Gasteiger charge is -2.37. The monoisotopic (exact) mass is 317 g/mol. The third kappa shape index (κ3) is 4.36. The summed E-state index contributed by atoms with van der Waals surface area (Å²) in [7, 11) is 0. The number of halogens is 2. The summed E-state index contributed by atoms with van der Waals surface area (Å²) in [5.74, 6) is 0. The van der Waals surface area contributed by atoms with Gasteiger partial charge in [0, 0.05) is 22.7 Å². The summed E-state index contributed by atoms with van der Waals surface area (Å²) in [6.45, 7) is 10.0. The number of likely N-dealkylation sites (N-methyl/N-ethyl adjacent to an activating group) is 1. The summed E-state index contributed by atoms with van der Waals surface area (Å²) >= 11 is 12.6. The van der Waals surface area contributed by atoms with Crippen LogP contribution in [-0.4, -0.2) is 24.8 Å². The molecule has 0 aliphatic heterocycles. The first-order valence-corrected chi connectivity index (χ1v) is 8.04. The van der Waals surface area contributed by atoms with Crippen molar-refractivity contribution in [2.45, 2.75) is 52.2 Å². The zero-order valence-corrected chi connectivity index (χ0v) is 14.3. The SMILES string of the molecule is CCNC(Cc1c(Cl)cccc1Cl)C(C)(CC)OCC. The van der Waals surface area contributed by atoms with E-state index in [0.717, 1.165) is 35.0 Å². The van der Waals surface area contributed by atoms with Crippen LogP contribution in [0, 0.1) is 0 Å². The van der Waals surface area contributed by atoms with Gasteiger partial charge in [0.25, 0.3) is 0 Å². The second-order valence-electron chi connectivity index (χ2n) is 5.11. The molecule has 20 heavy (non-hydrogen) atoms. The zero-order valence-electron chi connectivity index (χ0n) is 12.8. The molecule has 1 N–H and O–H groups in total. The molecule has 1 aromatic rings. The van der Waals surface area contributed by atoms with E-state index in [1.807, 2.05) is 25.1 Å². The topological polar surface area (TPSA) is 21.3 Å². The number of hydrogen-bond donors (Lipinski definition) is 1. The quantitative estimate of drug-likeness (QED) is 0.749. The van der Waals surface area contributed by atoms with Crippen molar-refractivity contribution in [2.24, 2.45) is 0 Å². The number of rotatable bonds is 8. The molecule has 1 rings (SSSR count). The lowest BCUT2D eigenvalue weighted by Crippen LogP contribution is -2.51. The van der Waals surface area contributed by atoms with Crippen LogP contribution in [0.3, 0.4) is 0 Å². The molecule has 1 aromatic carbocycles. The van der Waals surface area contributed by atoms with Crippen molar-refractivity contribution in [1.82, 2.24) is 5.32 Å². The Hall–Kier alpha value is -0.280. The summed E-state index contributed by atoms with van der Waals surface area (Å²) in [6, 6.07) is 5.82. The standard InChI is InChI=1S/C16H25Cl2NO/c1-5-16(4,20-7-3)15(19-6-2)11-12-13(17)9-8-10-14(12)18/h8-10,15,19H,5-7,11H2,1-4H3. The van der Waals surface area contributed by atoms with Crippen LogP contribution < -0.4 is 5.32 Å². The predicted octanol–water partition coefficient (Wildman–Crippen LogP) is 4.72. The molecule has 0 saturated carbocycles. The van der Waals surface area contributed by atoms with Crippen molar-refractivity contribution in [3.63, 3.8) is 0 Å². The second kappa shape index (κ2) is 8.23. The highest BCUT2D eigenvalue weighted by atomic mass is 35.5. The minimum Gasteiger partial charge on any atom is -0.374 e. The average molecular weight is 318 g/mol. The maximum atomic E-state index is 6.29. The molecule has 114 valence electrons. The van der Waals surface area contributed by atoms with E-state index in [4.69, 9.17) is 27.9 Å². The van der Waals surface area contributed by atoms with Gasteiger partial charge in [-0.25, -0.2) is 0 Å². The first-order chi connectivity index (χ1) is 9.48. The van der Waals surface area contributed by atoms with Gasteiger partial charge < -0.3 is 10.1 Å². The lowest BCUT2D eigenvalue weighted by atomic mass is 9.88. The van der Waals surface area contributed by atoms with Crippen molar-refractivity contribution in [3.8, 4) is 0 Å². The average Bonchev–Trinajstić information content (AvgIpc) is 2.42. The molecule has 0 aliphatic rings. The molecule has 0 bridgehead atoms. The summed E-state index contributed by atoms with van der Waals surface area (Å²) in [5, 5.41) is 4.96. The Morgan fingerprint density at radius 3 is 2.25 bits per heavy atom. The zero-order chi connectivity index (χ0) is 15.2. The van der Waals surface area contributed by atoms with E-state index in [1.54, 1.807) is 0 Å². The molecular formula is C16H25Cl2NO. The summed E-state index contributed by atoms with van der Waals surface area (Å²) < 4.78 is 6.00. The molecule has 0 aliphatic carbocycles. The van der Waals surface area contributed by atoms with E-state index in [2.05, 4.69) is 26.1 Å². The minimum atomic E-state index is -0.229. The van der Waals surface area contributed by atoms with E-state index in [9.17, 15) is 0 Å². The highest BCUT2D eigenvalue weighted by Crippen LogP contribution is 2.30. The molecule has 4 heteroatoms. The van der Waals surface area contributed by atoms with Crippen LogP contribution in [0.25, 0.3) is 0 Å². The third-order valence-corrected chi connectivity index (χ3v) is 4.54. The molecule has 2 atom stereocenters. The molecule has 0 heterocycles. The van der Waals surface area contributed by atoms with Crippen molar-refractivity contribution >= 4 is 23.2 Å². The van der Waals surface area contributed by atoms with Gasteiger partial charge in [-0.1, -0.05) is 43.1 Å². The Kier molecular flexibility index (Phi) is 7.32. The van der Waals surface area contributed by atoms with Crippen LogP contribution in [0.4, 0.5) is 0 Å². The van der Waals surface area contributed by atoms with Crippen LogP contribution in [0.5, 0.6) is 0 Å². The van der Waals surface area contributed by atoms with E-state index in [1.165, 1.54) is 0 Å². The van der Waals surface area contributed by atoms with Crippen molar-refractivity contribution in [3.05, 3.63) is 33.8 Å². The maximum absolute atomic E-state index is 6.29. The van der Waals surface area contributed by atoms with E-state index in [-0.39, 0.29) is 11.6 Å². The Labute approximate surface area is 132 Å². The van der Waals surface area contributed by atoms with Gasteiger partial charge in [0.05, 0.1) is 5.60 Å². The molecular weight excluding hydrogens is 293 g/mol. The normalized spacial score (nSPS) is 15.9. The lowest BCUT2D eigenvalue weighted by molar-refractivity contribution is -0.0546. The molecule has 0 amide bonds. The van der Waals surface area contributed by atoms with Gasteiger partial charge in [-0.05, 0) is 50.9 Å². The summed E-state index contributed by atoms with van der Waals surface area (Å²) in [5.41, 5.74) is 0.758. The highest BCUT2D eigenvalue weighted by molar-refractivity contribution is 6.36. The van der Waals surface area contributed by atoms with Crippen LogP contribution in [0.1, 0.15) is 39.7 Å². The highest BCUT2D eigenvalue weighted by Gasteiger charge is 2.33. The predicted molar refractivity (Wildman–Crippen MR) is 88.0 cm³/mol. The van der Waals surface area contributed by atoms with E-state index < -0.39 is 0 Å². The fourth-order valence-electron chi connectivity index (χ4n) is 2.46. The van der Waals surface area contributed by atoms with Gasteiger partial charge in [0.2, 0.25) is 0 Å². The fraction of sp³-hybridized carbons (Fsp3) is 0.625. The smallest absolute Gasteiger partial charge is 0.0807 e. The number of ether oxygens (including phenoxy) is 1. The minimum absolute atomic E-state index is 0.176. The van der Waals surface area contributed by atoms with Gasteiger partial charge in [0.15, 0.2) is 0 Å². The summed E-state index contributed by atoms with van der Waals surface area (Å²) in [4.78, 5) is 0. The van der Waals surface area contributed by atoms with Crippen molar-refractivity contribution in [1.29, 1.82) is 0 Å². The van der Waals surface area contributed by atoms with Crippen molar-refractivity contribution < 1.29 is 4.74 Å². The molecule has 0 saturated heterocycles. The number of nitrogens with one attached hydrogen (secondary N) is 1. The number of hydrogen-bond acceptors (Lipinski definition) is 2. The Morgan fingerprint density at radius 2 is 1.80 bits per heavy atom. The van der Waals surface area contributed by atoms with Gasteiger partial charge in [-0.15, -0.1) is 0 Å². The fourth-order valence-corrected chi connectivity index (χ4v) is 3.01. The largest absolute Gasteiger partial charge is 0.374 e. The van der Waals surface area contributed by atoms with E-state index >= 15 is 0 Å². The molecule has 0 radical (unpaired) electrons. The second-order valence-corrected chi connectivity index (χ2v) is 5.93. The van der Waals surface area contributed by atoms with E-state index in [0.29, 0.717) is 6.61 Å². The van der Waals surface area contributed by atoms with Gasteiger partial charge in [0.1, 0.15) is 0 Å². The molecule has 2 unspecified atom stereocenters. The van der Waals surface area contributed by atoms with Crippen LogP contribution >= 0.6 is 23.2 Å². The molecule has 2 nitrogen and oxygen atoms in total. The third-order valence-electron chi connectivity index (χ3n) is 3.83. The van der Waals surface area contributed by atoms with Gasteiger partial charge in [-0.2, -0.15) is 0 Å². The van der Waals surface area contributed by atoms with Gasteiger partial charge in [-0.3, -0.25) is 0 Å². The van der Waals surface area contributed by atoms with Crippen LogP contribution in [0.2, 0.25) is 10.0 Å². The van der Waals surface area contributed by atoms with Crippen molar-refractivity contribution in [2.75, 3.05) is 13.2 Å². The maximum Gasteiger partial charge on any atom is 0.0807 e. The first-order valence-electron chi connectivity index (χ1n) is 7.28. The molecule has 0 aromatic heterocycles. The van der Waals surface area contributed by atoms with Crippen LogP contribution in [0.15, 0.2) is 18.2 Å². The van der Waals surface area contributed by atoms with Gasteiger partial charge >= 0.3 is 0 Å².